The van der Waals surface area contributed by atoms with Gasteiger partial charge in [-0.2, -0.15) is 12.6 Å². The molecule has 2 aromatic heterocycles. The Morgan fingerprint density at radius 2 is 0.897 bits per heavy atom. The van der Waals surface area contributed by atoms with Gasteiger partial charge in [-0.3, -0.25) is 62.3 Å². The summed E-state index contributed by atoms with van der Waals surface area (Å²) in [6, 6.07) is 12.7. The van der Waals surface area contributed by atoms with Crippen molar-refractivity contribution in [3.05, 3.63) is 108 Å². The second-order valence-corrected chi connectivity index (χ2v) is 33.2. The summed E-state index contributed by atoms with van der Waals surface area (Å²) in [6.07, 6.45) is 6.66. The number of hydrogen-bond donors (Lipinski definition) is 15. The molecule has 2 fully saturated rings. The summed E-state index contributed by atoms with van der Waals surface area (Å²) >= 11 is 4.01. The van der Waals surface area contributed by atoms with Crippen LogP contribution in [0.3, 0.4) is 0 Å². The van der Waals surface area contributed by atoms with Crippen molar-refractivity contribution in [3.63, 3.8) is 0 Å². The lowest BCUT2D eigenvalue weighted by atomic mass is 9.89. The van der Waals surface area contributed by atoms with Crippen molar-refractivity contribution in [2.75, 3.05) is 105 Å². The first-order chi connectivity index (χ1) is 60.3. The molecule has 15 atom stereocenters. The number of thiol groups is 1. The van der Waals surface area contributed by atoms with Crippen LogP contribution in [0.4, 0.5) is 0 Å². The molecule has 4 heterocycles. The van der Waals surface area contributed by atoms with Gasteiger partial charge in [-0.1, -0.05) is 88.4 Å². The van der Waals surface area contributed by atoms with Crippen LogP contribution in [-0.2, 0) is 116 Å². The van der Waals surface area contributed by atoms with Gasteiger partial charge in [0, 0.05) is 121 Å². The SMILES string of the molecule is CC(C)C[C@H](NC(=O)[C@@H]1C[C@@H](OCCCCc2ccccc2)CN1C(=O)CCOCCOCCNC(=O)[C@@H](N)CS)C(=O)C[C@@H](Cc1cnc[nH]1)C(=O)N[C@@H](CO)C(=O)C[C@H](C(N)=O)[C@@H](C)O.COCCOCCC(=O)N1C[C@H](OCCCCc2ccccc2)C[C@H]1C(=O)N[C@@H](CC(C)C)C(=O)C[C@@H](Cc1cnc[nH]1)C(=O)N[C@@H](CO)C(=O)C[C@H](C(N)=O)[C@@H](C)O. The Morgan fingerprint density at radius 1 is 0.508 bits per heavy atom. The number of H-pyrrole nitrogens is 2. The minimum atomic E-state index is -1.46. The number of carbonyl (C=O) groups is 13. The fourth-order valence-electron chi connectivity index (χ4n) is 14.6. The van der Waals surface area contributed by atoms with Crippen molar-refractivity contribution < 1.29 is 111 Å². The number of Topliss-reactive ketones (excluding diaryl/α,β-unsaturated/α-hetero) is 4. The molecule has 0 bridgehead atoms. The average Bonchev–Trinajstić information content (AvgIpc) is 1.66. The van der Waals surface area contributed by atoms with Crippen molar-refractivity contribution in [2.24, 2.45) is 52.7 Å². The Kier molecular flexibility index (Phi) is 50.1. The Bertz CT molecular complexity index is 3940. The highest BCUT2D eigenvalue weighted by Gasteiger charge is 2.44. The number of hydrogen-bond acceptors (Lipinski definition) is 27. The number of aliphatic hydroxyl groups excluding tert-OH is 4. The number of aromatic nitrogens is 4. The zero-order chi connectivity index (χ0) is 92.6. The topological polar surface area (TPSA) is 560 Å². The number of nitrogens with one attached hydrogen (secondary N) is 7. The molecule has 4 aromatic rings. The fourth-order valence-corrected chi connectivity index (χ4v) is 14.7. The second-order valence-electron chi connectivity index (χ2n) is 32.9. The number of imidazole rings is 2. The highest BCUT2D eigenvalue weighted by molar-refractivity contribution is 7.80. The number of ketones is 4. The van der Waals surface area contributed by atoms with Crippen molar-refractivity contribution in [2.45, 2.75) is 224 Å². The number of aliphatic hydroxyl groups is 4. The molecule has 2 saturated heterocycles. The van der Waals surface area contributed by atoms with Crippen LogP contribution in [0.2, 0.25) is 0 Å². The Labute approximate surface area is 742 Å². The number of methoxy groups -OCH3 is 1. The van der Waals surface area contributed by atoms with E-state index in [2.05, 4.69) is 83.4 Å². The summed E-state index contributed by atoms with van der Waals surface area (Å²) in [6.45, 7) is 11.5. The van der Waals surface area contributed by atoms with Crippen LogP contribution >= 0.6 is 12.6 Å². The van der Waals surface area contributed by atoms with Crippen LogP contribution in [0.1, 0.15) is 154 Å². The summed E-state index contributed by atoms with van der Waals surface area (Å²) in [4.78, 5) is 190. The standard InChI is InChI=1S/C46H72N8O12S.C42H64N6O11/c1-29(2)19-37(40(57)21-32(20-33-24-49-28-51-33)44(61)53-38(26-55)41(58)23-35(30(3)56)43(48)60)52-46(63)39-22-34(66-14-8-7-11-31-9-5-4-6-10-31)25-54(39)42(59)12-15-64-17-18-65-16-13-50-45(62)36(47)27-67;1-27(2)18-34(37(51)20-30(19-31-23-44-26-45-31)41(55)47-35(25-49)38(52)22-33(28(3)50)40(43)54)46-42(56)36-21-32(24-48(36)39(53)13-15-58-17-16-57-4)59-14-9-8-12-29-10-6-5-7-11-29/h4-6,9-10,24,28-30,32,34-39,55-56,67H,7-8,11-23,25-27,47H2,1-3H3,(H2,48,60)(H,49,51)(H,50,62)(H,52,63)(H,53,61);5-7,10-11,23,26-28,30,32-36,49-50H,8-9,12-22,24-25H2,1-4H3,(H2,43,54)(H,44,45)(H,46,56)(H,47,55)/t30-,32-,34-,35+,36+,37+,38+,39+;28-,30-,32-,33+,34+,35+,36+/m11/s1. The van der Waals surface area contributed by atoms with E-state index in [1.807, 2.05) is 64.1 Å². The maximum atomic E-state index is 14.2. The molecule has 0 aliphatic carbocycles. The van der Waals surface area contributed by atoms with E-state index in [4.69, 9.17) is 45.6 Å². The number of primary amides is 2. The lowest BCUT2D eigenvalue weighted by Crippen LogP contribution is -2.52. The predicted molar refractivity (Wildman–Crippen MR) is 466 cm³/mol. The first kappa shape index (κ1) is 107. The average molecular weight is 1790 g/mol. The Hall–Kier alpha value is -9.32. The van der Waals surface area contributed by atoms with E-state index >= 15 is 0 Å². The summed E-state index contributed by atoms with van der Waals surface area (Å²) in [5.74, 6) is -12.3. The van der Waals surface area contributed by atoms with Gasteiger partial charge in [-0.15, -0.1) is 0 Å². The van der Waals surface area contributed by atoms with Crippen LogP contribution in [0.15, 0.2) is 85.7 Å². The molecule has 38 heteroatoms. The zero-order valence-corrected chi connectivity index (χ0v) is 74.6. The third-order valence-electron chi connectivity index (χ3n) is 21.7. The van der Waals surface area contributed by atoms with Crippen molar-refractivity contribution in [1.82, 2.24) is 56.3 Å². The smallest absolute Gasteiger partial charge is 0.243 e. The number of aromatic amines is 2. The number of aryl methyl sites for hydroxylation is 2. The van der Waals surface area contributed by atoms with E-state index in [0.717, 1.165) is 38.5 Å². The van der Waals surface area contributed by atoms with E-state index in [1.54, 1.807) is 7.11 Å². The molecule has 2 aromatic carbocycles. The van der Waals surface area contributed by atoms with Crippen LogP contribution < -0.4 is 43.8 Å². The number of ether oxygens (including phenoxy) is 6. The van der Waals surface area contributed by atoms with Gasteiger partial charge in [0.1, 0.15) is 24.2 Å². The Morgan fingerprint density at radius 3 is 1.25 bits per heavy atom. The minimum absolute atomic E-state index is 0.00552. The molecule has 2 aliphatic rings. The Balaban J connectivity index is 0.000000451. The van der Waals surface area contributed by atoms with E-state index in [9.17, 15) is 82.8 Å². The van der Waals surface area contributed by atoms with Gasteiger partial charge in [0.15, 0.2) is 23.1 Å². The second kappa shape index (κ2) is 58.9. The number of nitrogens with zero attached hydrogens (tertiary/aromatic N) is 4. The molecule has 17 N–H and O–H groups in total. The van der Waals surface area contributed by atoms with E-state index in [-0.39, 0.29) is 152 Å². The fraction of sp³-hybridized carbons (Fsp3) is 0.648. The number of unbranched alkanes of at least 4 members (excludes halogenated alkanes) is 2. The van der Waals surface area contributed by atoms with Gasteiger partial charge in [0.2, 0.25) is 53.2 Å². The maximum Gasteiger partial charge on any atom is 0.243 e. The molecule has 0 spiro atoms. The van der Waals surface area contributed by atoms with Crippen LogP contribution in [0.25, 0.3) is 0 Å². The molecule has 2 aliphatic heterocycles. The van der Waals surface area contributed by atoms with Gasteiger partial charge in [-0.05, 0) is 88.2 Å². The summed E-state index contributed by atoms with van der Waals surface area (Å²) in [5, 5.41) is 53.4. The monoisotopic (exact) mass is 1790 g/mol. The van der Waals surface area contributed by atoms with Gasteiger partial charge < -0.3 is 112 Å². The molecule has 0 unspecified atom stereocenters. The normalized spacial score (nSPS) is 17.7. The summed E-state index contributed by atoms with van der Waals surface area (Å²) in [7, 11) is 1.55. The van der Waals surface area contributed by atoms with Crippen molar-refractivity contribution in [3.8, 4) is 0 Å². The largest absolute Gasteiger partial charge is 0.394 e. The number of nitrogens with two attached hydrogens (primary N) is 3. The van der Waals surface area contributed by atoms with Crippen LogP contribution in [0.5, 0.6) is 0 Å². The number of rotatable bonds is 63. The summed E-state index contributed by atoms with van der Waals surface area (Å²) in [5.41, 5.74) is 19.8. The molecule has 9 amide bonds. The highest BCUT2D eigenvalue weighted by atomic mass is 32.1. The van der Waals surface area contributed by atoms with E-state index in [0.29, 0.717) is 37.8 Å². The van der Waals surface area contributed by atoms with E-state index in [1.165, 1.54) is 59.8 Å². The first-order valence-electron chi connectivity index (χ1n) is 43.5. The number of carbonyl (C=O) groups excluding carboxylic acids is 13. The third kappa shape index (κ3) is 39.5. The maximum absolute atomic E-state index is 14.2. The first-order valence-corrected chi connectivity index (χ1v) is 44.1. The summed E-state index contributed by atoms with van der Waals surface area (Å²) < 4.78 is 34.1. The lowest BCUT2D eigenvalue weighted by Gasteiger charge is -2.28. The number of amides is 9. The number of likely N-dealkylation sites (tertiary alicyclic amines) is 2. The predicted octanol–water partition coefficient (Wildman–Crippen LogP) is 0.822. The van der Waals surface area contributed by atoms with E-state index < -0.39 is 175 Å². The zero-order valence-electron chi connectivity index (χ0n) is 73.7. The lowest BCUT2D eigenvalue weighted by molar-refractivity contribution is -0.140. The van der Waals surface area contributed by atoms with Crippen LogP contribution in [-0.4, -0.2) is 298 Å². The van der Waals surface area contributed by atoms with Gasteiger partial charge in [0.05, 0.1) is 151 Å². The molecule has 702 valence electrons. The van der Waals surface area contributed by atoms with Crippen molar-refractivity contribution in [1.29, 1.82) is 0 Å². The quantitative estimate of drug-likeness (QED) is 0.0215. The van der Waals surface area contributed by atoms with Gasteiger partial charge >= 0.3 is 0 Å². The van der Waals surface area contributed by atoms with Gasteiger partial charge in [-0.25, -0.2) is 9.97 Å². The minimum Gasteiger partial charge on any atom is -0.394 e. The van der Waals surface area contributed by atoms with Gasteiger partial charge in [0.25, 0.3) is 0 Å². The molecule has 6 rings (SSSR count). The molecule has 126 heavy (non-hydrogen) atoms. The molecular weight excluding hydrogens is 1650 g/mol. The molecule has 37 nitrogen and oxygen atoms in total. The molecule has 0 saturated carbocycles. The van der Waals surface area contributed by atoms with Crippen molar-refractivity contribution >= 4 is 88.9 Å². The molecule has 0 radical (unpaired) electrons. The third-order valence-corrected chi connectivity index (χ3v) is 22.1. The highest BCUT2D eigenvalue weighted by Crippen LogP contribution is 2.28. The number of benzene rings is 2. The van der Waals surface area contributed by atoms with Crippen LogP contribution in [0, 0.1) is 35.5 Å². The molecular formula is C88H136N14O23S.